The molecular weight excluding hydrogens is 410 g/mol. The van der Waals surface area contributed by atoms with Gasteiger partial charge in [0.15, 0.2) is 15.6 Å². The summed E-state index contributed by atoms with van der Waals surface area (Å²) in [5.74, 6) is 0.624. The summed E-state index contributed by atoms with van der Waals surface area (Å²) >= 11 is 6.27. The molecule has 4 rings (SSSR count). The van der Waals surface area contributed by atoms with Crippen LogP contribution in [0.5, 0.6) is 0 Å². The number of fused-ring (bicyclic) bond motifs is 1. The molecule has 8 heteroatoms. The van der Waals surface area contributed by atoms with E-state index in [1.54, 1.807) is 12.1 Å². The first kappa shape index (κ1) is 19.8. The number of ketones is 1. The van der Waals surface area contributed by atoms with Crippen molar-refractivity contribution in [3.63, 3.8) is 0 Å². The first-order chi connectivity index (χ1) is 13.8. The van der Waals surface area contributed by atoms with Crippen molar-refractivity contribution < 1.29 is 13.2 Å². The van der Waals surface area contributed by atoms with E-state index in [2.05, 4.69) is 9.97 Å². The summed E-state index contributed by atoms with van der Waals surface area (Å²) in [5.41, 5.74) is 3.22. The Morgan fingerprint density at radius 2 is 2.00 bits per heavy atom. The minimum absolute atomic E-state index is 0.107. The molecule has 2 heterocycles. The number of aromatic nitrogens is 2. The zero-order valence-corrected chi connectivity index (χ0v) is 17.4. The van der Waals surface area contributed by atoms with Gasteiger partial charge in [0.05, 0.1) is 27.9 Å². The predicted molar refractivity (Wildman–Crippen MR) is 112 cm³/mol. The first-order valence-electron chi connectivity index (χ1n) is 9.19. The standard InChI is InChI=1S/C21H20ClN3O3S/c1-29(27,28)15-6-4-5-14(11-15)20(26)13-25-10-9-18-19(12-25)24-21(23-18)16-7-2-3-8-17(16)22/h2-8,11H,9-10,12-13H2,1H3,(H,23,24). The summed E-state index contributed by atoms with van der Waals surface area (Å²) < 4.78 is 23.5. The lowest BCUT2D eigenvalue weighted by molar-refractivity contribution is 0.0920. The van der Waals surface area contributed by atoms with Gasteiger partial charge in [0.1, 0.15) is 5.82 Å². The van der Waals surface area contributed by atoms with E-state index in [4.69, 9.17) is 11.6 Å². The number of carbonyl (C=O) groups is 1. The topological polar surface area (TPSA) is 83.1 Å². The van der Waals surface area contributed by atoms with Crippen LogP contribution in [-0.4, -0.2) is 48.4 Å². The highest BCUT2D eigenvalue weighted by atomic mass is 35.5. The van der Waals surface area contributed by atoms with E-state index in [-0.39, 0.29) is 17.2 Å². The van der Waals surface area contributed by atoms with E-state index in [0.29, 0.717) is 23.7 Å². The van der Waals surface area contributed by atoms with Crippen LogP contribution in [0.1, 0.15) is 21.7 Å². The molecule has 6 nitrogen and oxygen atoms in total. The summed E-state index contributed by atoms with van der Waals surface area (Å²) in [7, 11) is -3.35. The number of carbonyl (C=O) groups excluding carboxylic acids is 1. The fourth-order valence-electron chi connectivity index (χ4n) is 3.46. The summed E-state index contributed by atoms with van der Waals surface area (Å²) in [6.07, 6.45) is 1.87. The van der Waals surface area contributed by atoms with Crippen molar-refractivity contribution in [1.29, 1.82) is 0 Å². The van der Waals surface area contributed by atoms with Crippen LogP contribution >= 0.6 is 11.6 Å². The quantitative estimate of drug-likeness (QED) is 0.628. The third kappa shape index (κ3) is 4.27. The second-order valence-corrected chi connectivity index (χ2v) is 9.60. The molecule has 1 aliphatic heterocycles. The molecule has 2 aromatic carbocycles. The summed E-state index contributed by atoms with van der Waals surface area (Å²) in [6.45, 7) is 1.49. The molecule has 0 bridgehead atoms. The zero-order valence-electron chi connectivity index (χ0n) is 15.9. The maximum atomic E-state index is 12.7. The maximum absolute atomic E-state index is 12.7. The SMILES string of the molecule is CS(=O)(=O)c1cccc(C(=O)CN2CCc3nc(-c4ccccc4Cl)[nH]c3C2)c1. The molecule has 0 saturated heterocycles. The Bertz CT molecular complexity index is 1190. The Labute approximate surface area is 174 Å². The van der Waals surface area contributed by atoms with E-state index < -0.39 is 9.84 Å². The Morgan fingerprint density at radius 1 is 1.21 bits per heavy atom. The van der Waals surface area contributed by atoms with Crippen molar-refractivity contribution in [3.05, 3.63) is 70.5 Å². The number of benzene rings is 2. The van der Waals surface area contributed by atoms with Gasteiger partial charge in [-0.25, -0.2) is 13.4 Å². The Morgan fingerprint density at radius 3 is 2.76 bits per heavy atom. The number of aromatic amines is 1. The van der Waals surface area contributed by atoms with E-state index in [1.807, 2.05) is 29.2 Å². The molecule has 0 unspecified atom stereocenters. The van der Waals surface area contributed by atoms with Gasteiger partial charge in [-0.1, -0.05) is 35.9 Å². The molecule has 1 N–H and O–H groups in total. The Balaban J connectivity index is 1.50. The first-order valence-corrected chi connectivity index (χ1v) is 11.5. The lowest BCUT2D eigenvalue weighted by Crippen LogP contribution is -2.35. The van der Waals surface area contributed by atoms with Crippen LogP contribution in [0.2, 0.25) is 5.02 Å². The molecule has 150 valence electrons. The van der Waals surface area contributed by atoms with E-state index in [9.17, 15) is 13.2 Å². The smallest absolute Gasteiger partial charge is 0.176 e. The second kappa shape index (κ2) is 7.74. The molecular formula is C21H20ClN3O3S. The minimum atomic E-state index is -3.35. The number of rotatable bonds is 5. The van der Waals surface area contributed by atoms with Crippen LogP contribution < -0.4 is 0 Å². The third-order valence-electron chi connectivity index (χ3n) is 4.99. The molecule has 29 heavy (non-hydrogen) atoms. The van der Waals surface area contributed by atoms with Gasteiger partial charge in [0, 0.05) is 36.9 Å². The van der Waals surface area contributed by atoms with E-state index in [0.717, 1.165) is 35.5 Å². The zero-order chi connectivity index (χ0) is 20.6. The van der Waals surface area contributed by atoms with Gasteiger partial charge in [-0.3, -0.25) is 9.69 Å². The Kier molecular flexibility index (Phi) is 5.29. The van der Waals surface area contributed by atoms with Crippen molar-refractivity contribution in [2.45, 2.75) is 17.9 Å². The van der Waals surface area contributed by atoms with Gasteiger partial charge in [0.25, 0.3) is 0 Å². The number of sulfone groups is 1. The monoisotopic (exact) mass is 429 g/mol. The van der Waals surface area contributed by atoms with Gasteiger partial charge < -0.3 is 4.98 Å². The predicted octanol–water partition coefficient (Wildman–Crippen LogP) is 3.37. The molecule has 0 radical (unpaired) electrons. The Hall–Kier alpha value is -2.48. The summed E-state index contributed by atoms with van der Waals surface area (Å²) in [5, 5.41) is 0.636. The molecule has 0 spiro atoms. The van der Waals surface area contributed by atoms with Crippen molar-refractivity contribution in [2.24, 2.45) is 0 Å². The number of nitrogens with one attached hydrogen (secondary N) is 1. The third-order valence-corrected chi connectivity index (χ3v) is 6.43. The van der Waals surface area contributed by atoms with Gasteiger partial charge in [-0.05, 0) is 24.3 Å². The second-order valence-electron chi connectivity index (χ2n) is 7.17. The van der Waals surface area contributed by atoms with Gasteiger partial charge in [-0.2, -0.15) is 0 Å². The number of hydrogen-bond acceptors (Lipinski definition) is 5. The number of imidazole rings is 1. The number of halogens is 1. The van der Waals surface area contributed by atoms with Crippen LogP contribution in [0.25, 0.3) is 11.4 Å². The van der Waals surface area contributed by atoms with Crippen molar-refractivity contribution in [2.75, 3.05) is 19.3 Å². The average molecular weight is 430 g/mol. The normalized spacial score (nSPS) is 14.6. The fraction of sp³-hybridized carbons (Fsp3) is 0.238. The van der Waals surface area contributed by atoms with Crippen molar-refractivity contribution in [1.82, 2.24) is 14.9 Å². The van der Waals surface area contributed by atoms with Crippen LogP contribution in [0.3, 0.4) is 0 Å². The van der Waals surface area contributed by atoms with Gasteiger partial charge in [0.2, 0.25) is 0 Å². The minimum Gasteiger partial charge on any atom is -0.340 e. The number of hydrogen-bond donors (Lipinski definition) is 1. The molecule has 3 aromatic rings. The van der Waals surface area contributed by atoms with Crippen LogP contribution in [0, 0.1) is 0 Å². The van der Waals surface area contributed by atoms with Crippen LogP contribution in [0.15, 0.2) is 53.4 Å². The molecule has 1 aromatic heterocycles. The van der Waals surface area contributed by atoms with Crippen molar-refractivity contribution in [3.8, 4) is 11.4 Å². The van der Waals surface area contributed by atoms with E-state index >= 15 is 0 Å². The number of Topliss-reactive ketones (excluding diaryl/α,β-unsaturated/α-hetero) is 1. The number of H-pyrrole nitrogens is 1. The van der Waals surface area contributed by atoms with E-state index in [1.165, 1.54) is 12.1 Å². The molecule has 0 fully saturated rings. The van der Waals surface area contributed by atoms with Gasteiger partial charge in [-0.15, -0.1) is 0 Å². The summed E-state index contributed by atoms with van der Waals surface area (Å²) in [4.78, 5) is 22.9. The summed E-state index contributed by atoms with van der Waals surface area (Å²) in [6, 6.07) is 13.7. The average Bonchev–Trinajstić information content (AvgIpc) is 3.11. The van der Waals surface area contributed by atoms with Crippen LogP contribution in [0.4, 0.5) is 0 Å². The molecule has 0 atom stereocenters. The molecule has 0 saturated carbocycles. The molecule has 0 amide bonds. The van der Waals surface area contributed by atoms with Crippen LogP contribution in [-0.2, 0) is 22.8 Å². The lowest BCUT2D eigenvalue weighted by atomic mass is 10.1. The van der Waals surface area contributed by atoms with Gasteiger partial charge >= 0.3 is 0 Å². The molecule has 1 aliphatic rings. The highest BCUT2D eigenvalue weighted by Gasteiger charge is 2.23. The fourth-order valence-corrected chi connectivity index (χ4v) is 4.35. The van der Waals surface area contributed by atoms with Crippen molar-refractivity contribution >= 4 is 27.2 Å². The lowest BCUT2D eigenvalue weighted by Gasteiger charge is -2.25. The largest absolute Gasteiger partial charge is 0.340 e. The highest BCUT2D eigenvalue weighted by molar-refractivity contribution is 7.90. The highest BCUT2D eigenvalue weighted by Crippen LogP contribution is 2.28. The maximum Gasteiger partial charge on any atom is 0.176 e. The molecule has 0 aliphatic carbocycles. The number of nitrogens with zero attached hydrogens (tertiary/aromatic N) is 2.